The minimum Gasteiger partial charge on any atom is -0.392 e. The molecule has 0 saturated carbocycles. The molecule has 0 spiro atoms. The number of aryl methyl sites for hydroxylation is 1. The van der Waals surface area contributed by atoms with Gasteiger partial charge in [-0.3, -0.25) is 9.59 Å². The predicted molar refractivity (Wildman–Crippen MR) is 239 cm³/mol. The van der Waals surface area contributed by atoms with Gasteiger partial charge in [0.2, 0.25) is 21.8 Å². The van der Waals surface area contributed by atoms with Gasteiger partial charge in [0.1, 0.15) is 6.04 Å². The van der Waals surface area contributed by atoms with Crippen LogP contribution in [0.15, 0.2) is 161 Å². The van der Waals surface area contributed by atoms with E-state index in [9.17, 15) is 23.1 Å². The minimum atomic E-state index is -3.97. The van der Waals surface area contributed by atoms with Gasteiger partial charge in [-0.2, -0.15) is 4.72 Å². The van der Waals surface area contributed by atoms with Crippen LogP contribution in [-0.4, -0.2) is 43.2 Å². The third-order valence-electron chi connectivity index (χ3n) is 10.4. The van der Waals surface area contributed by atoms with Gasteiger partial charge in [-0.15, -0.1) is 11.8 Å². The van der Waals surface area contributed by atoms with Gasteiger partial charge in [-0.25, -0.2) is 8.42 Å². The van der Waals surface area contributed by atoms with Crippen molar-refractivity contribution in [2.75, 3.05) is 11.1 Å². The molecule has 6 aromatic rings. The fourth-order valence-electron chi connectivity index (χ4n) is 7.07. The molecule has 4 atom stereocenters. The highest BCUT2D eigenvalue weighted by atomic mass is 32.2. The smallest absolute Gasteiger partial charge is 0.241 e. The van der Waals surface area contributed by atoms with Gasteiger partial charge in [-0.1, -0.05) is 115 Å². The Morgan fingerprint density at radius 2 is 1.44 bits per heavy atom. The SMILES string of the molecule is CC(=O)Nc1ccc(SC[C@H]2C[C@@H](c3ccc(CO)cc3)O[C@@H](c3ccc(-c4cccc(CNC(=O)[C@@H](Cc5ccccc5)NS(=O)(=O)c5ccc(C)cc5)c4)cc3)O2)cc1. The second-order valence-corrected chi connectivity index (χ2v) is 17.9. The van der Waals surface area contributed by atoms with Crippen LogP contribution in [0.4, 0.5) is 5.69 Å². The van der Waals surface area contributed by atoms with Crippen LogP contribution < -0.4 is 15.4 Å². The van der Waals surface area contributed by atoms with Crippen molar-refractivity contribution in [3.05, 3.63) is 185 Å². The van der Waals surface area contributed by atoms with E-state index in [2.05, 4.69) is 15.4 Å². The Morgan fingerprint density at radius 3 is 2.13 bits per heavy atom. The van der Waals surface area contributed by atoms with Crippen molar-refractivity contribution in [1.29, 1.82) is 0 Å². The minimum absolute atomic E-state index is 0.0322. The zero-order valence-corrected chi connectivity index (χ0v) is 35.6. The Morgan fingerprint density at radius 1 is 0.754 bits per heavy atom. The van der Waals surface area contributed by atoms with Crippen molar-refractivity contribution in [1.82, 2.24) is 10.0 Å². The van der Waals surface area contributed by atoms with Crippen molar-refractivity contribution in [3.8, 4) is 11.1 Å². The number of anilines is 1. The van der Waals surface area contributed by atoms with E-state index in [1.54, 1.807) is 23.9 Å². The largest absolute Gasteiger partial charge is 0.392 e. The van der Waals surface area contributed by atoms with Crippen LogP contribution >= 0.6 is 11.8 Å². The highest BCUT2D eigenvalue weighted by molar-refractivity contribution is 7.99. The van der Waals surface area contributed by atoms with Gasteiger partial charge in [-0.05, 0) is 89.2 Å². The number of ether oxygens (including phenoxy) is 2. The summed E-state index contributed by atoms with van der Waals surface area (Å²) in [5.41, 5.74) is 7.99. The van der Waals surface area contributed by atoms with E-state index in [-0.39, 0.29) is 42.6 Å². The number of hydrogen-bond donors (Lipinski definition) is 4. The molecule has 314 valence electrons. The average Bonchev–Trinajstić information content (AvgIpc) is 3.28. The maximum Gasteiger partial charge on any atom is 0.241 e. The summed E-state index contributed by atoms with van der Waals surface area (Å²) in [5, 5.41) is 15.4. The molecule has 0 aliphatic carbocycles. The predicted octanol–water partition coefficient (Wildman–Crippen LogP) is 8.66. The molecule has 12 heteroatoms. The first-order valence-electron chi connectivity index (χ1n) is 20.1. The molecule has 61 heavy (non-hydrogen) atoms. The second-order valence-electron chi connectivity index (χ2n) is 15.1. The molecule has 6 aromatic carbocycles. The lowest BCUT2D eigenvalue weighted by molar-refractivity contribution is -0.245. The highest BCUT2D eigenvalue weighted by Crippen LogP contribution is 2.40. The van der Waals surface area contributed by atoms with E-state index < -0.39 is 28.3 Å². The number of thioether (sulfide) groups is 1. The number of carbonyl (C=O) groups excluding carboxylic acids is 2. The van der Waals surface area contributed by atoms with Crippen LogP contribution in [0.2, 0.25) is 0 Å². The van der Waals surface area contributed by atoms with Crippen LogP contribution in [0.3, 0.4) is 0 Å². The molecule has 0 bridgehead atoms. The normalized spacial score (nSPS) is 17.0. The fourth-order valence-corrected chi connectivity index (χ4v) is 9.18. The molecule has 10 nitrogen and oxygen atoms in total. The molecule has 1 heterocycles. The Hall–Kier alpha value is -5.60. The summed E-state index contributed by atoms with van der Waals surface area (Å²) in [4.78, 5) is 26.3. The third kappa shape index (κ3) is 12.0. The summed E-state index contributed by atoms with van der Waals surface area (Å²) in [6.07, 6.45) is -0.135. The lowest BCUT2D eigenvalue weighted by Crippen LogP contribution is -2.47. The number of benzene rings is 6. The van der Waals surface area contributed by atoms with Crippen LogP contribution in [0.1, 0.15) is 59.1 Å². The van der Waals surface area contributed by atoms with Crippen molar-refractivity contribution in [3.63, 3.8) is 0 Å². The molecule has 0 radical (unpaired) electrons. The lowest BCUT2D eigenvalue weighted by atomic mass is 9.99. The van der Waals surface area contributed by atoms with Gasteiger partial charge in [0, 0.05) is 41.8 Å². The molecule has 7 rings (SSSR count). The summed E-state index contributed by atoms with van der Waals surface area (Å²) >= 11 is 1.68. The maximum atomic E-state index is 13.7. The Bertz CT molecular complexity index is 2500. The first kappa shape index (κ1) is 43.5. The molecule has 1 fully saturated rings. The average molecular weight is 856 g/mol. The zero-order chi connectivity index (χ0) is 42.8. The first-order chi connectivity index (χ1) is 29.5. The first-order valence-corrected chi connectivity index (χ1v) is 22.6. The number of amides is 2. The summed E-state index contributed by atoms with van der Waals surface area (Å²) in [5.74, 6) is 0.148. The Labute approximate surface area is 361 Å². The standard InChI is InChI=1S/C49H49N3O7S2/c1-33-11-25-45(26-12-33)61(56,57)52-46(28-35-7-4-3-5-8-35)48(55)50-30-37-9-6-10-41(27-37)38-17-19-40(20-18-38)49-58-43(29-47(59-49)39-15-13-36(31-53)14-16-39)32-60-44-23-21-42(22-24-44)51-34(2)54/h3-27,43,46-47,49,52-53H,28-32H2,1-2H3,(H,50,55)(H,51,54)/t43-,46-,47+,49+/m1/s1. The van der Waals surface area contributed by atoms with E-state index in [0.29, 0.717) is 12.2 Å². The maximum absolute atomic E-state index is 13.7. The van der Waals surface area contributed by atoms with E-state index in [0.717, 1.165) is 55.1 Å². The molecule has 1 aliphatic rings. The zero-order valence-electron chi connectivity index (χ0n) is 34.0. The lowest BCUT2D eigenvalue weighted by Gasteiger charge is -2.36. The van der Waals surface area contributed by atoms with E-state index in [1.807, 2.05) is 134 Å². The van der Waals surface area contributed by atoms with Crippen LogP contribution in [0.5, 0.6) is 0 Å². The van der Waals surface area contributed by atoms with Crippen molar-refractivity contribution >= 4 is 39.3 Å². The molecular weight excluding hydrogens is 807 g/mol. The molecule has 4 N–H and O–H groups in total. The van der Waals surface area contributed by atoms with E-state index in [1.165, 1.54) is 19.1 Å². The number of rotatable bonds is 16. The topological polar surface area (TPSA) is 143 Å². The molecule has 0 aromatic heterocycles. The number of nitrogens with one attached hydrogen (secondary N) is 3. The van der Waals surface area contributed by atoms with Crippen molar-refractivity contribution in [2.24, 2.45) is 0 Å². The quantitative estimate of drug-likeness (QED) is 0.0709. The van der Waals surface area contributed by atoms with Crippen LogP contribution in [-0.2, 0) is 48.7 Å². The number of aliphatic hydroxyl groups is 1. The van der Waals surface area contributed by atoms with E-state index in [4.69, 9.17) is 9.47 Å². The summed E-state index contributed by atoms with van der Waals surface area (Å²) in [7, 11) is -3.97. The monoisotopic (exact) mass is 855 g/mol. The number of sulfonamides is 1. The van der Waals surface area contributed by atoms with Gasteiger partial charge < -0.3 is 25.2 Å². The number of hydrogen-bond acceptors (Lipinski definition) is 8. The second kappa shape index (κ2) is 20.3. The number of aliphatic hydroxyl groups excluding tert-OH is 1. The Balaban J connectivity index is 1.03. The summed E-state index contributed by atoms with van der Waals surface area (Å²) in [6.45, 7) is 3.54. The summed E-state index contributed by atoms with van der Waals surface area (Å²) in [6, 6.07) is 46.3. The molecule has 2 amide bonds. The summed E-state index contributed by atoms with van der Waals surface area (Å²) < 4.78 is 42.5. The van der Waals surface area contributed by atoms with Gasteiger partial charge in [0.25, 0.3) is 0 Å². The van der Waals surface area contributed by atoms with Crippen LogP contribution in [0, 0.1) is 6.92 Å². The molecule has 0 unspecified atom stereocenters. The van der Waals surface area contributed by atoms with Crippen molar-refractivity contribution < 1.29 is 32.6 Å². The van der Waals surface area contributed by atoms with Gasteiger partial charge >= 0.3 is 0 Å². The molecular formula is C49H49N3O7S2. The van der Waals surface area contributed by atoms with Gasteiger partial charge in [0.05, 0.1) is 23.7 Å². The molecule has 1 aliphatic heterocycles. The highest BCUT2D eigenvalue weighted by Gasteiger charge is 2.32. The Kier molecular flexibility index (Phi) is 14.5. The molecule has 1 saturated heterocycles. The fraction of sp³-hybridized carbons (Fsp3) is 0.224. The number of carbonyl (C=O) groups is 2. The third-order valence-corrected chi connectivity index (χ3v) is 13.0. The van der Waals surface area contributed by atoms with Crippen molar-refractivity contribution in [2.45, 2.75) is 74.2 Å². The van der Waals surface area contributed by atoms with Gasteiger partial charge in [0.15, 0.2) is 6.29 Å². The van der Waals surface area contributed by atoms with E-state index >= 15 is 0 Å². The van der Waals surface area contributed by atoms with Crippen LogP contribution in [0.25, 0.3) is 11.1 Å².